The molecule has 0 spiro atoms. The second-order valence-electron chi connectivity index (χ2n) is 7.26. The Kier molecular flexibility index (Phi) is 4.65. The van der Waals surface area contributed by atoms with Crippen molar-refractivity contribution in [2.45, 2.75) is 51.1 Å². The van der Waals surface area contributed by atoms with E-state index in [1.54, 1.807) is 31.2 Å². The lowest BCUT2D eigenvalue weighted by Gasteiger charge is -2.38. The lowest BCUT2D eigenvalue weighted by Crippen LogP contribution is -2.35. The molecule has 140 valence electrons. The Morgan fingerprint density at radius 1 is 1.15 bits per heavy atom. The molecular weight excluding hydrogens is 343 g/mol. The molecule has 2 atom stereocenters. The number of rotatable bonds is 3. The third-order valence-electron chi connectivity index (χ3n) is 4.40. The maximum atomic E-state index is 12.8. The molecule has 0 amide bonds. The number of benzene rings is 2. The van der Waals surface area contributed by atoms with Gasteiger partial charge >= 0.3 is 6.18 Å². The van der Waals surface area contributed by atoms with Gasteiger partial charge in [-0.15, -0.1) is 0 Å². The SMILES string of the molecule is CC(N)Oc1ccc2c(c1)OC(C)(C)CC2c1ccc(C(F)(F)F)cc1. The number of alkyl halides is 3. The monoisotopic (exact) mass is 365 g/mol. The summed E-state index contributed by atoms with van der Waals surface area (Å²) >= 11 is 0. The Labute approximate surface area is 150 Å². The first kappa shape index (κ1) is 18.6. The van der Waals surface area contributed by atoms with Gasteiger partial charge in [0.25, 0.3) is 0 Å². The van der Waals surface area contributed by atoms with Crippen LogP contribution in [0.2, 0.25) is 0 Å². The number of fused-ring (bicyclic) bond motifs is 1. The van der Waals surface area contributed by atoms with Crippen molar-refractivity contribution >= 4 is 0 Å². The van der Waals surface area contributed by atoms with Crippen LogP contribution < -0.4 is 15.2 Å². The first-order chi connectivity index (χ1) is 12.0. The van der Waals surface area contributed by atoms with Crippen LogP contribution in [0.25, 0.3) is 0 Å². The van der Waals surface area contributed by atoms with Crippen LogP contribution in [0.1, 0.15) is 49.8 Å². The summed E-state index contributed by atoms with van der Waals surface area (Å²) in [6.07, 6.45) is -4.12. The van der Waals surface area contributed by atoms with Crippen LogP contribution in [-0.2, 0) is 6.18 Å². The normalized spacial score (nSPS) is 20.0. The fourth-order valence-corrected chi connectivity index (χ4v) is 3.32. The van der Waals surface area contributed by atoms with E-state index >= 15 is 0 Å². The van der Waals surface area contributed by atoms with E-state index in [1.807, 2.05) is 19.9 Å². The molecule has 3 rings (SSSR count). The predicted molar refractivity (Wildman–Crippen MR) is 93.3 cm³/mol. The zero-order valence-electron chi connectivity index (χ0n) is 14.9. The third kappa shape index (κ3) is 3.96. The number of nitrogens with two attached hydrogens (primary N) is 1. The van der Waals surface area contributed by atoms with Crippen molar-refractivity contribution < 1.29 is 22.6 Å². The summed E-state index contributed by atoms with van der Waals surface area (Å²) in [5.74, 6) is 1.22. The second kappa shape index (κ2) is 6.50. The Morgan fingerprint density at radius 2 is 1.81 bits per heavy atom. The number of hydrogen-bond acceptors (Lipinski definition) is 3. The minimum atomic E-state index is -4.34. The van der Waals surface area contributed by atoms with Gasteiger partial charge < -0.3 is 9.47 Å². The van der Waals surface area contributed by atoms with Crippen LogP contribution in [0.5, 0.6) is 11.5 Å². The van der Waals surface area contributed by atoms with E-state index in [0.717, 1.165) is 23.3 Å². The highest BCUT2D eigenvalue weighted by Gasteiger charge is 2.36. The number of ether oxygens (including phenoxy) is 2. The van der Waals surface area contributed by atoms with Crippen molar-refractivity contribution in [2.24, 2.45) is 5.73 Å². The Bertz CT molecular complexity index is 783. The van der Waals surface area contributed by atoms with Crippen LogP contribution in [-0.4, -0.2) is 11.8 Å². The maximum absolute atomic E-state index is 12.8. The first-order valence-corrected chi connectivity index (χ1v) is 8.47. The molecule has 0 radical (unpaired) electrons. The van der Waals surface area contributed by atoms with E-state index in [-0.39, 0.29) is 5.92 Å². The van der Waals surface area contributed by atoms with E-state index in [0.29, 0.717) is 17.9 Å². The van der Waals surface area contributed by atoms with E-state index < -0.39 is 23.6 Å². The Hall–Kier alpha value is -2.21. The van der Waals surface area contributed by atoms with Crippen LogP contribution in [0.4, 0.5) is 13.2 Å². The Morgan fingerprint density at radius 3 is 2.38 bits per heavy atom. The average molecular weight is 365 g/mol. The smallest absolute Gasteiger partial charge is 0.416 e. The van der Waals surface area contributed by atoms with Crippen LogP contribution in [0.3, 0.4) is 0 Å². The standard InChI is InChI=1S/C20H22F3NO2/c1-12(24)25-15-8-9-16-17(11-19(2,3)26-18(16)10-15)13-4-6-14(7-5-13)20(21,22)23/h4-10,12,17H,11,24H2,1-3H3. The van der Waals surface area contributed by atoms with Gasteiger partial charge in [0.2, 0.25) is 0 Å². The van der Waals surface area contributed by atoms with Crippen LogP contribution in [0.15, 0.2) is 42.5 Å². The molecule has 2 aromatic rings. The number of halogens is 3. The molecule has 0 aliphatic carbocycles. The fourth-order valence-electron chi connectivity index (χ4n) is 3.32. The summed E-state index contributed by atoms with van der Waals surface area (Å²) in [6.45, 7) is 5.66. The third-order valence-corrected chi connectivity index (χ3v) is 4.40. The Balaban J connectivity index is 1.98. The van der Waals surface area contributed by atoms with Crippen molar-refractivity contribution in [1.82, 2.24) is 0 Å². The van der Waals surface area contributed by atoms with E-state index in [9.17, 15) is 13.2 Å². The zero-order chi connectivity index (χ0) is 19.1. The molecule has 0 bridgehead atoms. The average Bonchev–Trinajstić information content (AvgIpc) is 2.51. The first-order valence-electron chi connectivity index (χ1n) is 8.47. The maximum Gasteiger partial charge on any atom is 0.416 e. The highest BCUT2D eigenvalue weighted by atomic mass is 19.4. The second-order valence-corrected chi connectivity index (χ2v) is 7.26. The summed E-state index contributed by atoms with van der Waals surface area (Å²) in [4.78, 5) is 0. The van der Waals surface area contributed by atoms with Crippen molar-refractivity contribution in [3.63, 3.8) is 0 Å². The zero-order valence-corrected chi connectivity index (χ0v) is 14.9. The summed E-state index contributed by atoms with van der Waals surface area (Å²) in [5.41, 5.74) is 6.33. The van der Waals surface area contributed by atoms with Crippen LogP contribution >= 0.6 is 0 Å². The van der Waals surface area contributed by atoms with Gasteiger partial charge in [-0.05, 0) is 51.0 Å². The molecule has 0 fully saturated rings. The van der Waals surface area contributed by atoms with Crippen molar-refractivity contribution in [3.8, 4) is 11.5 Å². The minimum absolute atomic E-state index is 0.0552. The molecule has 26 heavy (non-hydrogen) atoms. The van der Waals surface area contributed by atoms with Crippen molar-refractivity contribution in [2.75, 3.05) is 0 Å². The lowest BCUT2D eigenvalue weighted by atomic mass is 9.80. The highest BCUT2D eigenvalue weighted by molar-refractivity contribution is 5.49. The molecule has 2 N–H and O–H groups in total. The topological polar surface area (TPSA) is 44.5 Å². The molecule has 1 aliphatic heterocycles. The summed E-state index contributed by atoms with van der Waals surface area (Å²) in [7, 11) is 0. The highest BCUT2D eigenvalue weighted by Crippen LogP contribution is 2.45. The van der Waals surface area contributed by atoms with Gasteiger partial charge in [-0.25, -0.2) is 0 Å². The van der Waals surface area contributed by atoms with E-state index in [4.69, 9.17) is 15.2 Å². The van der Waals surface area contributed by atoms with Gasteiger partial charge in [-0.2, -0.15) is 13.2 Å². The van der Waals surface area contributed by atoms with E-state index in [2.05, 4.69) is 0 Å². The molecule has 3 nitrogen and oxygen atoms in total. The molecule has 0 saturated heterocycles. The van der Waals surface area contributed by atoms with Gasteiger partial charge in [0.15, 0.2) is 0 Å². The van der Waals surface area contributed by atoms with Crippen molar-refractivity contribution in [1.29, 1.82) is 0 Å². The predicted octanol–water partition coefficient (Wildman–Crippen LogP) is 5.08. The summed E-state index contributed by atoms with van der Waals surface area (Å²) in [6, 6.07) is 10.8. The van der Waals surface area contributed by atoms with Gasteiger partial charge in [0.1, 0.15) is 23.3 Å². The summed E-state index contributed by atoms with van der Waals surface area (Å²) < 4.78 is 50.1. The molecule has 2 aromatic carbocycles. The van der Waals surface area contributed by atoms with Gasteiger partial charge in [-0.3, -0.25) is 5.73 Å². The number of hydrogen-bond donors (Lipinski definition) is 1. The fraction of sp³-hybridized carbons (Fsp3) is 0.400. The molecule has 2 unspecified atom stereocenters. The van der Waals surface area contributed by atoms with Gasteiger partial charge in [0.05, 0.1) is 5.56 Å². The van der Waals surface area contributed by atoms with E-state index in [1.165, 1.54) is 0 Å². The quantitative estimate of drug-likeness (QED) is 0.771. The van der Waals surface area contributed by atoms with Gasteiger partial charge in [-0.1, -0.05) is 18.2 Å². The molecule has 0 saturated carbocycles. The molecule has 6 heteroatoms. The molecular formula is C20H22F3NO2. The van der Waals surface area contributed by atoms with Crippen LogP contribution in [0, 0.1) is 0 Å². The lowest BCUT2D eigenvalue weighted by molar-refractivity contribution is -0.137. The molecule has 1 aliphatic rings. The van der Waals surface area contributed by atoms with Gasteiger partial charge in [0, 0.05) is 17.5 Å². The molecule has 0 aromatic heterocycles. The largest absolute Gasteiger partial charge is 0.487 e. The minimum Gasteiger partial charge on any atom is -0.487 e. The molecule has 1 heterocycles. The van der Waals surface area contributed by atoms with Crippen molar-refractivity contribution in [3.05, 3.63) is 59.2 Å². The summed E-state index contributed by atoms with van der Waals surface area (Å²) in [5, 5.41) is 0.